The molecule has 0 aromatic carbocycles. The van der Waals surface area contributed by atoms with E-state index in [-0.39, 0.29) is 25.2 Å². The maximum Gasteiger partial charge on any atom is 0.306 e. The Labute approximate surface area is 298 Å². The zero-order valence-electron chi connectivity index (χ0n) is 32.0. The van der Waals surface area contributed by atoms with Crippen LogP contribution in [0.15, 0.2) is 36.5 Å². The molecule has 0 aromatic heterocycles. The van der Waals surface area contributed by atoms with Gasteiger partial charge in [0, 0.05) is 19.4 Å². The molecule has 5 heteroatoms. The molecule has 5 nitrogen and oxygen atoms in total. The number of rotatable bonds is 37. The lowest BCUT2D eigenvalue weighted by atomic mass is 10.1. The Morgan fingerprint density at radius 3 is 1.50 bits per heavy atom. The van der Waals surface area contributed by atoms with Crippen LogP contribution >= 0.6 is 0 Å². The Morgan fingerprint density at radius 1 is 0.479 bits per heavy atom. The number of carbonyl (C=O) groups excluding carboxylic acids is 2. The summed E-state index contributed by atoms with van der Waals surface area (Å²) in [4.78, 5) is 25.0. The fourth-order valence-corrected chi connectivity index (χ4v) is 5.64. The van der Waals surface area contributed by atoms with Gasteiger partial charge in [-0.15, -0.1) is 0 Å². The van der Waals surface area contributed by atoms with Crippen LogP contribution in [0, 0.1) is 0 Å². The smallest absolute Gasteiger partial charge is 0.306 e. The molecule has 0 radical (unpaired) electrons. The molecular formula is C43H78O5. The van der Waals surface area contributed by atoms with Gasteiger partial charge in [-0.05, 0) is 51.4 Å². The minimum atomic E-state index is -0.537. The average molecular weight is 675 g/mol. The standard InChI is InChI=1S/C43H78O5/c1-4-7-10-13-16-19-20-21-22-23-26-29-32-35-38-46-39-41(48-43(45)37-34-31-28-25-18-15-12-9-6-3)40-47-42(44)36-33-30-27-24-17-14-11-8-5-2/h7,10,16,19,21-22,41H,4-6,8-9,11-15,17-18,20,23-40H2,1-3H3/b10-7-,19-16-,22-21-. The van der Waals surface area contributed by atoms with E-state index in [1.54, 1.807) is 0 Å². The van der Waals surface area contributed by atoms with Crippen molar-refractivity contribution in [3.05, 3.63) is 36.5 Å². The minimum absolute atomic E-state index is 0.0801. The summed E-state index contributed by atoms with van der Waals surface area (Å²) in [5.74, 6) is -0.412. The van der Waals surface area contributed by atoms with E-state index in [0.717, 1.165) is 64.2 Å². The van der Waals surface area contributed by atoms with Crippen LogP contribution in [0.1, 0.15) is 201 Å². The number of ether oxygens (including phenoxy) is 3. The van der Waals surface area contributed by atoms with Gasteiger partial charge >= 0.3 is 11.9 Å². The second-order valence-electron chi connectivity index (χ2n) is 13.5. The number of carbonyl (C=O) groups is 2. The normalized spacial score (nSPS) is 12.5. The number of hydrogen-bond acceptors (Lipinski definition) is 5. The molecule has 0 amide bonds. The lowest BCUT2D eigenvalue weighted by Gasteiger charge is -2.18. The second-order valence-corrected chi connectivity index (χ2v) is 13.5. The van der Waals surface area contributed by atoms with Crippen LogP contribution in [0.25, 0.3) is 0 Å². The Hall–Kier alpha value is -1.88. The lowest BCUT2D eigenvalue weighted by molar-refractivity contribution is -0.163. The summed E-state index contributed by atoms with van der Waals surface area (Å²) in [7, 11) is 0. The first-order chi connectivity index (χ1) is 23.6. The molecule has 0 saturated carbocycles. The average Bonchev–Trinajstić information content (AvgIpc) is 3.08. The molecule has 280 valence electrons. The predicted molar refractivity (Wildman–Crippen MR) is 205 cm³/mol. The van der Waals surface area contributed by atoms with Crippen molar-refractivity contribution >= 4 is 11.9 Å². The summed E-state index contributed by atoms with van der Waals surface area (Å²) in [5.41, 5.74) is 0. The third kappa shape index (κ3) is 36.9. The monoisotopic (exact) mass is 675 g/mol. The highest BCUT2D eigenvalue weighted by Gasteiger charge is 2.17. The van der Waals surface area contributed by atoms with E-state index in [0.29, 0.717) is 19.4 Å². The van der Waals surface area contributed by atoms with Gasteiger partial charge < -0.3 is 14.2 Å². The summed E-state index contributed by atoms with van der Waals surface area (Å²) in [6.07, 6.45) is 44.3. The van der Waals surface area contributed by atoms with Crippen LogP contribution in [0.4, 0.5) is 0 Å². The molecule has 0 aromatic rings. The highest BCUT2D eigenvalue weighted by molar-refractivity contribution is 5.70. The first kappa shape index (κ1) is 46.1. The summed E-state index contributed by atoms with van der Waals surface area (Å²) >= 11 is 0. The highest BCUT2D eigenvalue weighted by atomic mass is 16.6. The molecule has 0 aliphatic heterocycles. The van der Waals surface area contributed by atoms with Gasteiger partial charge in [0.2, 0.25) is 0 Å². The predicted octanol–water partition coefficient (Wildman–Crippen LogP) is 13.1. The van der Waals surface area contributed by atoms with Crippen LogP contribution in [0.5, 0.6) is 0 Å². The third-order valence-electron chi connectivity index (χ3n) is 8.69. The van der Waals surface area contributed by atoms with E-state index in [2.05, 4.69) is 57.2 Å². The van der Waals surface area contributed by atoms with Crippen LogP contribution in [-0.4, -0.2) is 37.9 Å². The van der Waals surface area contributed by atoms with E-state index in [4.69, 9.17) is 14.2 Å². The molecule has 0 saturated heterocycles. The second kappa shape index (κ2) is 39.6. The molecule has 0 bridgehead atoms. The van der Waals surface area contributed by atoms with Crippen molar-refractivity contribution in [1.29, 1.82) is 0 Å². The van der Waals surface area contributed by atoms with E-state index < -0.39 is 6.10 Å². The molecule has 1 atom stereocenters. The van der Waals surface area contributed by atoms with Crippen molar-refractivity contribution in [2.75, 3.05) is 19.8 Å². The SMILES string of the molecule is CC/C=C\C/C=C\C/C=C\CCCCCCOCC(COC(=O)CCCCCCCCCCC)OC(=O)CCCCCCCCCCC. The highest BCUT2D eigenvalue weighted by Crippen LogP contribution is 2.13. The van der Waals surface area contributed by atoms with E-state index in [9.17, 15) is 9.59 Å². The van der Waals surface area contributed by atoms with E-state index >= 15 is 0 Å². The topological polar surface area (TPSA) is 61.8 Å². The Bertz CT molecular complexity index is 771. The molecule has 1 unspecified atom stereocenters. The molecule has 0 rings (SSSR count). The molecule has 0 spiro atoms. The Balaban J connectivity index is 4.25. The van der Waals surface area contributed by atoms with Crippen molar-refractivity contribution in [1.82, 2.24) is 0 Å². The lowest BCUT2D eigenvalue weighted by Crippen LogP contribution is -2.30. The molecule has 0 aliphatic rings. The van der Waals surface area contributed by atoms with Gasteiger partial charge in [0.1, 0.15) is 6.61 Å². The summed E-state index contributed by atoms with van der Waals surface area (Å²) in [6, 6.07) is 0. The molecule has 0 heterocycles. The van der Waals surface area contributed by atoms with E-state index in [1.165, 1.54) is 103 Å². The van der Waals surface area contributed by atoms with E-state index in [1.807, 2.05) is 0 Å². The fourth-order valence-electron chi connectivity index (χ4n) is 5.64. The summed E-state index contributed by atoms with van der Waals surface area (Å²) in [5, 5.41) is 0. The molecular weight excluding hydrogens is 596 g/mol. The number of unbranched alkanes of at least 4 members (excludes halogenated alkanes) is 20. The first-order valence-corrected chi connectivity index (χ1v) is 20.5. The van der Waals surface area contributed by atoms with Gasteiger partial charge in [0.05, 0.1) is 6.61 Å². The summed E-state index contributed by atoms with van der Waals surface area (Å²) in [6.45, 7) is 7.64. The van der Waals surface area contributed by atoms with Gasteiger partial charge in [0.25, 0.3) is 0 Å². The summed E-state index contributed by atoms with van der Waals surface area (Å²) < 4.78 is 17.2. The zero-order chi connectivity index (χ0) is 35.0. The van der Waals surface area contributed by atoms with Crippen LogP contribution in [-0.2, 0) is 23.8 Å². The quantitative estimate of drug-likeness (QED) is 0.0373. The first-order valence-electron chi connectivity index (χ1n) is 20.5. The van der Waals surface area contributed by atoms with Crippen molar-refractivity contribution < 1.29 is 23.8 Å². The van der Waals surface area contributed by atoms with Crippen LogP contribution in [0.2, 0.25) is 0 Å². The van der Waals surface area contributed by atoms with Gasteiger partial charge in [-0.2, -0.15) is 0 Å². The molecule has 0 fully saturated rings. The fraction of sp³-hybridized carbons (Fsp3) is 0.814. The van der Waals surface area contributed by atoms with Crippen LogP contribution in [0.3, 0.4) is 0 Å². The van der Waals surface area contributed by atoms with Crippen molar-refractivity contribution in [3.8, 4) is 0 Å². The molecule has 0 aliphatic carbocycles. The van der Waals surface area contributed by atoms with Gasteiger partial charge in [-0.3, -0.25) is 9.59 Å². The molecule has 0 N–H and O–H groups in total. The third-order valence-corrected chi connectivity index (χ3v) is 8.69. The Kier molecular flexibility index (Phi) is 38.0. The zero-order valence-corrected chi connectivity index (χ0v) is 32.0. The van der Waals surface area contributed by atoms with Crippen molar-refractivity contribution in [3.63, 3.8) is 0 Å². The maximum atomic E-state index is 12.6. The number of hydrogen-bond donors (Lipinski definition) is 0. The number of allylic oxidation sites excluding steroid dienone is 6. The van der Waals surface area contributed by atoms with Gasteiger partial charge in [0.15, 0.2) is 6.10 Å². The maximum absolute atomic E-state index is 12.6. The van der Waals surface area contributed by atoms with Crippen molar-refractivity contribution in [2.24, 2.45) is 0 Å². The number of esters is 2. The largest absolute Gasteiger partial charge is 0.462 e. The van der Waals surface area contributed by atoms with Gasteiger partial charge in [-0.1, -0.05) is 173 Å². The van der Waals surface area contributed by atoms with Crippen molar-refractivity contribution in [2.45, 2.75) is 207 Å². The van der Waals surface area contributed by atoms with Gasteiger partial charge in [-0.25, -0.2) is 0 Å². The Morgan fingerprint density at radius 2 is 0.938 bits per heavy atom. The molecule has 48 heavy (non-hydrogen) atoms. The van der Waals surface area contributed by atoms with Crippen LogP contribution < -0.4 is 0 Å². The minimum Gasteiger partial charge on any atom is -0.462 e.